The lowest BCUT2D eigenvalue weighted by Crippen LogP contribution is -2.32. The summed E-state index contributed by atoms with van der Waals surface area (Å²) < 4.78 is 32.1. The van der Waals surface area contributed by atoms with Crippen molar-refractivity contribution in [1.82, 2.24) is 0 Å². The van der Waals surface area contributed by atoms with Gasteiger partial charge >= 0.3 is 0 Å². The SMILES string of the molecule is CCCC[C@@H](F)[C@@H](C=C[C@H]1C(C)C[C@@H]2O[C@@H](O)C[C@@H]21)OC1CCCCO1. The molecule has 0 spiro atoms. The first-order valence-electron chi connectivity index (χ1n) is 10.5. The number of alkyl halides is 1. The highest BCUT2D eigenvalue weighted by molar-refractivity contribution is 5.06. The molecule has 1 saturated carbocycles. The van der Waals surface area contributed by atoms with Crippen LogP contribution in [0, 0.1) is 17.8 Å². The Morgan fingerprint density at radius 2 is 2.15 bits per heavy atom. The van der Waals surface area contributed by atoms with Gasteiger partial charge in [-0.2, -0.15) is 0 Å². The van der Waals surface area contributed by atoms with Crippen molar-refractivity contribution in [3.05, 3.63) is 12.2 Å². The molecule has 0 amide bonds. The van der Waals surface area contributed by atoms with Gasteiger partial charge in [0.15, 0.2) is 12.6 Å². The number of rotatable bonds is 8. The molecule has 0 bridgehead atoms. The summed E-state index contributed by atoms with van der Waals surface area (Å²) in [6.07, 6.45) is 8.68. The molecule has 2 unspecified atom stereocenters. The molecule has 2 aliphatic heterocycles. The van der Waals surface area contributed by atoms with Crippen molar-refractivity contribution >= 4 is 0 Å². The molecule has 4 nitrogen and oxygen atoms in total. The molecule has 150 valence electrons. The van der Waals surface area contributed by atoms with Crippen molar-refractivity contribution in [2.75, 3.05) is 6.61 Å². The summed E-state index contributed by atoms with van der Waals surface area (Å²) in [6, 6.07) is 0. The molecule has 0 radical (unpaired) electrons. The normalized spacial score (nSPS) is 40.0. The summed E-state index contributed by atoms with van der Waals surface area (Å²) in [4.78, 5) is 0. The van der Waals surface area contributed by atoms with Crippen LogP contribution in [0.3, 0.4) is 0 Å². The van der Waals surface area contributed by atoms with Crippen molar-refractivity contribution < 1.29 is 23.7 Å². The maximum absolute atomic E-state index is 14.8. The van der Waals surface area contributed by atoms with Gasteiger partial charge in [0, 0.05) is 13.0 Å². The van der Waals surface area contributed by atoms with Crippen molar-refractivity contribution in [2.24, 2.45) is 17.8 Å². The first-order valence-corrected chi connectivity index (χ1v) is 10.5. The Labute approximate surface area is 157 Å². The molecule has 0 aromatic carbocycles. The summed E-state index contributed by atoms with van der Waals surface area (Å²) in [6.45, 7) is 4.99. The zero-order valence-corrected chi connectivity index (χ0v) is 16.2. The van der Waals surface area contributed by atoms with E-state index in [1.165, 1.54) is 0 Å². The van der Waals surface area contributed by atoms with Gasteiger partial charge in [0.05, 0.1) is 6.10 Å². The number of ether oxygens (including phenoxy) is 3. The van der Waals surface area contributed by atoms with Crippen LogP contribution in [0.1, 0.15) is 65.2 Å². The second-order valence-corrected chi connectivity index (χ2v) is 8.26. The Bertz CT molecular complexity index is 451. The van der Waals surface area contributed by atoms with Crippen LogP contribution in [-0.4, -0.2) is 42.7 Å². The molecule has 26 heavy (non-hydrogen) atoms. The van der Waals surface area contributed by atoms with Crippen molar-refractivity contribution in [2.45, 2.75) is 96.2 Å². The zero-order valence-electron chi connectivity index (χ0n) is 16.2. The predicted molar refractivity (Wildman–Crippen MR) is 98.3 cm³/mol. The van der Waals surface area contributed by atoms with Gasteiger partial charge in [0.25, 0.3) is 0 Å². The summed E-state index contributed by atoms with van der Waals surface area (Å²) in [5.41, 5.74) is 0. The van der Waals surface area contributed by atoms with E-state index in [-0.39, 0.29) is 12.4 Å². The van der Waals surface area contributed by atoms with Gasteiger partial charge in [0.2, 0.25) is 0 Å². The van der Waals surface area contributed by atoms with Gasteiger partial charge in [0.1, 0.15) is 12.3 Å². The molecule has 2 heterocycles. The smallest absolute Gasteiger partial charge is 0.158 e. The van der Waals surface area contributed by atoms with E-state index in [9.17, 15) is 9.50 Å². The highest BCUT2D eigenvalue weighted by Gasteiger charge is 2.46. The lowest BCUT2D eigenvalue weighted by atomic mass is 9.87. The Morgan fingerprint density at radius 1 is 1.31 bits per heavy atom. The molecule has 5 heteroatoms. The van der Waals surface area contributed by atoms with Gasteiger partial charge in [-0.1, -0.05) is 38.8 Å². The minimum Gasteiger partial charge on any atom is -0.368 e. The zero-order chi connectivity index (χ0) is 18.5. The molecular weight excluding hydrogens is 335 g/mol. The van der Waals surface area contributed by atoms with Crippen molar-refractivity contribution in [1.29, 1.82) is 0 Å². The van der Waals surface area contributed by atoms with Gasteiger partial charge < -0.3 is 19.3 Å². The number of halogens is 1. The highest BCUT2D eigenvalue weighted by atomic mass is 19.1. The van der Waals surface area contributed by atoms with Crippen LogP contribution < -0.4 is 0 Å². The van der Waals surface area contributed by atoms with Crippen LogP contribution in [0.2, 0.25) is 0 Å². The first kappa shape index (κ1) is 20.2. The Kier molecular flexibility index (Phi) is 7.50. The standard InChI is InChI=1S/C21H35FO4/c1-3-4-7-17(22)18(26-21-8-5-6-11-24-21)10-9-15-14(2)12-19-16(15)13-20(23)25-19/h9-10,14-21,23H,3-8,11-13H2,1-2H3/t14?,15-,16+,17+,18+,19-,20+,21?/m0/s1. The average Bonchev–Trinajstić information content (AvgIpc) is 3.12. The van der Waals surface area contributed by atoms with Crippen LogP contribution >= 0.6 is 0 Å². The molecule has 1 N–H and O–H groups in total. The Morgan fingerprint density at radius 3 is 2.88 bits per heavy atom. The summed E-state index contributed by atoms with van der Waals surface area (Å²) >= 11 is 0. The van der Waals surface area contributed by atoms with E-state index < -0.39 is 18.6 Å². The molecule has 0 aromatic rings. The van der Waals surface area contributed by atoms with E-state index >= 15 is 0 Å². The number of aliphatic hydroxyl groups is 1. The van der Waals surface area contributed by atoms with E-state index in [2.05, 4.69) is 19.9 Å². The second-order valence-electron chi connectivity index (χ2n) is 8.26. The minimum absolute atomic E-state index is 0.136. The monoisotopic (exact) mass is 370 g/mol. The second kappa shape index (κ2) is 9.63. The molecule has 3 fully saturated rings. The summed E-state index contributed by atoms with van der Waals surface area (Å²) in [5.74, 6) is 1.12. The van der Waals surface area contributed by atoms with Crippen LogP contribution in [-0.2, 0) is 14.2 Å². The summed E-state index contributed by atoms with van der Waals surface area (Å²) in [7, 11) is 0. The van der Waals surface area contributed by atoms with Gasteiger partial charge in [-0.15, -0.1) is 0 Å². The first-order chi connectivity index (χ1) is 12.6. The molecular formula is C21H35FO4. The van der Waals surface area contributed by atoms with Crippen molar-refractivity contribution in [3.8, 4) is 0 Å². The molecule has 3 rings (SSSR count). The van der Waals surface area contributed by atoms with E-state index in [1.807, 2.05) is 6.08 Å². The lowest BCUT2D eigenvalue weighted by Gasteiger charge is -2.28. The Hall–Kier alpha value is -0.490. The number of unbranched alkanes of at least 4 members (excludes halogenated alkanes) is 1. The van der Waals surface area contributed by atoms with E-state index in [1.54, 1.807) is 0 Å². The average molecular weight is 371 g/mol. The largest absolute Gasteiger partial charge is 0.368 e. The van der Waals surface area contributed by atoms with Crippen LogP contribution in [0.5, 0.6) is 0 Å². The number of fused-ring (bicyclic) bond motifs is 1. The molecule has 3 aliphatic rings. The van der Waals surface area contributed by atoms with Crippen LogP contribution in [0.25, 0.3) is 0 Å². The third-order valence-electron chi connectivity index (χ3n) is 6.20. The van der Waals surface area contributed by atoms with Crippen molar-refractivity contribution in [3.63, 3.8) is 0 Å². The lowest BCUT2D eigenvalue weighted by molar-refractivity contribution is -0.189. The number of hydrogen-bond donors (Lipinski definition) is 1. The molecule has 1 aliphatic carbocycles. The number of allylic oxidation sites excluding steroid dienone is 1. The number of hydrogen-bond acceptors (Lipinski definition) is 4. The quantitative estimate of drug-likeness (QED) is 0.645. The molecule has 8 atom stereocenters. The third-order valence-corrected chi connectivity index (χ3v) is 6.20. The van der Waals surface area contributed by atoms with E-state index in [0.717, 1.165) is 38.5 Å². The topological polar surface area (TPSA) is 47.9 Å². The maximum atomic E-state index is 14.8. The van der Waals surface area contributed by atoms with E-state index in [4.69, 9.17) is 14.2 Å². The predicted octanol–water partition coefficient (Wildman–Crippen LogP) is 4.36. The minimum atomic E-state index is -1.00. The van der Waals surface area contributed by atoms with Crippen LogP contribution in [0.4, 0.5) is 4.39 Å². The maximum Gasteiger partial charge on any atom is 0.158 e. The number of aliphatic hydroxyl groups excluding tert-OH is 1. The van der Waals surface area contributed by atoms with Gasteiger partial charge in [-0.25, -0.2) is 4.39 Å². The highest BCUT2D eigenvalue weighted by Crippen LogP contribution is 2.46. The third kappa shape index (κ3) is 5.06. The fourth-order valence-electron chi connectivity index (χ4n) is 4.70. The molecule has 2 saturated heterocycles. The fourth-order valence-corrected chi connectivity index (χ4v) is 4.70. The fraction of sp³-hybridized carbons (Fsp3) is 0.905. The molecule has 0 aromatic heterocycles. The van der Waals surface area contributed by atoms with Crippen LogP contribution in [0.15, 0.2) is 12.2 Å². The van der Waals surface area contributed by atoms with Gasteiger partial charge in [-0.05, 0) is 49.9 Å². The summed E-state index contributed by atoms with van der Waals surface area (Å²) in [5, 5.41) is 9.77. The van der Waals surface area contributed by atoms with Gasteiger partial charge in [-0.3, -0.25) is 0 Å². The van der Waals surface area contributed by atoms with E-state index in [0.29, 0.717) is 37.2 Å². The Balaban J connectivity index is 1.64.